The fourth-order valence-electron chi connectivity index (χ4n) is 1.60. The number of hydrogen-bond donors (Lipinski definition) is 1. The molecule has 2 aromatic rings. The van der Waals surface area contributed by atoms with Crippen molar-refractivity contribution < 1.29 is 13.2 Å². The predicted molar refractivity (Wildman–Crippen MR) is 70.2 cm³/mol. The van der Waals surface area contributed by atoms with Gasteiger partial charge in [-0.05, 0) is 17.0 Å². The van der Waals surface area contributed by atoms with Crippen LogP contribution in [0.3, 0.4) is 0 Å². The molecule has 0 unspecified atom stereocenters. The first-order valence-corrected chi connectivity index (χ1v) is 7.58. The molecule has 18 heavy (non-hydrogen) atoms. The van der Waals surface area contributed by atoms with E-state index in [1.165, 1.54) is 6.07 Å². The number of sulfonamides is 1. The van der Waals surface area contributed by atoms with Crippen LogP contribution in [-0.2, 0) is 16.4 Å². The van der Waals surface area contributed by atoms with Gasteiger partial charge in [0, 0.05) is 12.0 Å². The molecule has 0 aliphatic carbocycles. The minimum atomic E-state index is -3.83. The monoisotopic (exact) mass is 281 g/mol. The summed E-state index contributed by atoms with van der Waals surface area (Å²) < 4.78 is 22.5. The van der Waals surface area contributed by atoms with E-state index in [-0.39, 0.29) is 22.0 Å². The Morgan fingerprint density at radius 3 is 2.44 bits per heavy atom. The molecule has 0 aliphatic heterocycles. The van der Waals surface area contributed by atoms with Crippen molar-refractivity contribution in [3.05, 3.63) is 52.9 Å². The van der Waals surface area contributed by atoms with Gasteiger partial charge in [-0.2, -0.15) is 0 Å². The smallest absolute Gasteiger partial charge is 0.248 e. The molecule has 0 atom stereocenters. The third kappa shape index (κ3) is 2.84. The zero-order chi connectivity index (χ0) is 13.2. The van der Waals surface area contributed by atoms with E-state index in [4.69, 9.17) is 5.14 Å². The zero-order valence-corrected chi connectivity index (χ0v) is 11.0. The summed E-state index contributed by atoms with van der Waals surface area (Å²) in [7, 11) is -3.83. The van der Waals surface area contributed by atoms with Crippen molar-refractivity contribution in [3.63, 3.8) is 0 Å². The van der Waals surface area contributed by atoms with E-state index >= 15 is 0 Å². The van der Waals surface area contributed by atoms with Crippen molar-refractivity contribution in [2.75, 3.05) is 0 Å². The number of Topliss-reactive ketones (excluding diaryl/α,β-unsaturated/α-hetero) is 1. The average molecular weight is 281 g/mol. The number of hydrogen-bond acceptors (Lipinski definition) is 4. The molecule has 0 amide bonds. The highest BCUT2D eigenvalue weighted by Gasteiger charge is 2.20. The second kappa shape index (κ2) is 5.01. The lowest BCUT2D eigenvalue weighted by Crippen LogP contribution is -2.15. The Bertz CT molecular complexity index is 660. The molecule has 6 heteroatoms. The number of thiophene rings is 1. The fraction of sp³-hybridized carbons (Fsp3) is 0.0833. The second-order valence-electron chi connectivity index (χ2n) is 3.75. The lowest BCUT2D eigenvalue weighted by Gasteiger charge is -2.01. The highest BCUT2D eigenvalue weighted by molar-refractivity contribution is 7.91. The summed E-state index contributed by atoms with van der Waals surface area (Å²) in [6, 6.07) is 10.7. The Labute approximate surface area is 109 Å². The van der Waals surface area contributed by atoms with Gasteiger partial charge in [-0.15, -0.1) is 11.3 Å². The number of benzene rings is 1. The van der Waals surface area contributed by atoms with Crippen LogP contribution in [0.25, 0.3) is 0 Å². The third-order valence-corrected chi connectivity index (χ3v) is 4.82. The van der Waals surface area contributed by atoms with Gasteiger partial charge in [-0.3, -0.25) is 4.79 Å². The fourth-order valence-corrected chi connectivity index (χ4v) is 3.43. The van der Waals surface area contributed by atoms with Crippen LogP contribution < -0.4 is 5.14 Å². The van der Waals surface area contributed by atoms with Gasteiger partial charge in [-0.25, -0.2) is 13.6 Å². The van der Waals surface area contributed by atoms with Crippen molar-refractivity contribution >= 4 is 27.1 Å². The molecule has 2 rings (SSSR count). The summed E-state index contributed by atoms with van der Waals surface area (Å²) in [5.41, 5.74) is 1.01. The molecule has 0 saturated carbocycles. The van der Waals surface area contributed by atoms with Crippen LogP contribution in [0.15, 0.2) is 46.0 Å². The molecule has 1 heterocycles. The summed E-state index contributed by atoms with van der Waals surface area (Å²) >= 11 is 0.962. The molecule has 0 bridgehead atoms. The standard InChI is InChI=1S/C12H11NO3S2/c13-18(15,16)12-10(6-7-17-12)11(14)8-9-4-2-1-3-5-9/h1-7H,8H2,(H2,13,15,16). The van der Waals surface area contributed by atoms with Gasteiger partial charge in [-0.1, -0.05) is 30.3 Å². The van der Waals surface area contributed by atoms with E-state index in [9.17, 15) is 13.2 Å². The molecule has 4 nitrogen and oxygen atoms in total. The summed E-state index contributed by atoms with van der Waals surface area (Å²) in [4.78, 5) is 12.0. The van der Waals surface area contributed by atoms with Crippen molar-refractivity contribution in [2.45, 2.75) is 10.6 Å². The third-order valence-electron chi connectivity index (χ3n) is 2.40. The molecule has 0 saturated heterocycles. The maximum absolute atomic E-state index is 12.0. The molecule has 1 aromatic heterocycles. The highest BCUT2D eigenvalue weighted by atomic mass is 32.2. The normalized spacial score (nSPS) is 11.4. The maximum Gasteiger partial charge on any atom is 0.248 e. The van der Waals surface area contributed by atoms with Gasteiger partial charge in [0.05, 0.1) is 0 Å². The highest BCUT2D eigenvalue weighted by Crippen LogP contribution is 2.22. The van der Waals surface area contributed by atoms with Gasteiger partial charge in [0.2, 0.25) is 10.0 Å². The Kier molecular flexibility index (Phi) is 3.60. The van der Waals surface area contributed by atoms with Gasteiger partial charge < -0.3 is 0 Å². The molecule has 2 N–H and O–H groups in total. The Morgan fingerprint density at radius 1 is 1.17 bits per heavy atom. The van der Waals surface area contributed by atoms with E-state index in [0.717, 1.165) is 16.9 Å². The second-order valence-corrected chi connectivity index (χ2v) is 6.43. The van der Waals surface area contributed by atoms with Crippen molar-refractivity contribution in [1.29, 1.82) is 0 Å². The summed E-state index contributed by atoms with van der Waals surface area (Å²) in [6.45, 7) is 0. The number of ketones is 1. The number of nitrogens with two attached hydrogens (primary N) is 1. The van der Waals surface area contributed by atoms with Crippen molar-refractivity contribution in [2.24, 2.45) is 5.14 Å². The molecule has 0 spiro atoms. The first kappa shape index (κ1) is 12.9. The molecular weight excluding hydrogens is 270 g/mol. The Morgan fingerprint density at radius 2 is 1.83 bits per heavy atom. The van der Waals surface area contributed by atoms with E-state index in [2.05, 4.69) is 0 Å². The van der Waals surface area contributed by atoms with Crippen LogP contribution in [0.4, 0.5) is 0 Å². The van der Waals surface area contributed by atoms with Crippen molar-refractivity contribution in [1.82, 2.24) is 0 Å². The number of carbonyl (C=O) groups excluding carboxylic acids is 1. The van der Waals surface area contributed by atoms with Gasteiger partial charge in [0.1, 0.15) is 4.21 Å². The molecule has 0 aliphatic rings. The van der Waals surface area contributed by atoms with E-state index in [1.54, 1.807) is 5.38 Å². The number of primary sulfonamides is 1. The van der Waals surface area contributed by atoms with Crippen LogP contribution in [0.5, 0.6) is 0 Å². The zero-order valence-electron chi connectivity index (χ0n) is 9.37. The molecule has 0 fully saturated rings. The lowest BCUT2D eigenvalue weighted by atomic mass is 10.1. The summed E-state index contributed by atoms with van der Waals surface area (Å²) in [6.07, 6.45) is 0.167. The molecule has 0 radical (unpaired) electrons. The van der Waals surface area contributed by atoms with E-state index < -0.39 is 10.0 Å². The van der Waals surface area contributed by atoms with E-state index in [1.807, 2.05) is 30.3 Å². The molecule has 1 aromatic carbocycles. The van der Waals surface area contributed by atoms with Crippen LogP contribution in [-0.4, -0.2) is 14.2 Å². The van der Waals surface area contributed by atoms with Gasteiger partial charge >= 0.3 is 0 Å². The van der Waals surface area contributed by atoms with Crippen molar-refractivity contribution in [3.8, 4) is 0 Å². The average Bonchev–Trinajstić information content (AvgIpc) is 2.79. The Balaban J connectivity index is 2.28. The lowest BCUT2D eigenvalue weighted by molar-refractivity contribution is 0.0990. The van der Waals surface area contributed by atoms with E-state index in [0.29, 0.717) is 0 Å². The first-order valence-electron chi connectivity index (χ1n) is 5.16. The molecular formula is C12H11NO3S2. The minimum Gasteiger partial charge on any atom is -0.294 e. The molecule has 94 valence electrons. The maximum atomic E-state index is 12.0. The van der Waals surface area contributed by atoms with Crippen LogP contribution >= 0.6 is 11.3 Å². The Hall–Kier alpha value is -1.50. The topological polar surface area (TPSA) is 77.2 Å². The largest absolute Gasteiger partial charge is 0.294 e. The van der Waals surface area contributed by atoms with Crippen LogP contribution in [0, 0.1) is 0 Å². The number of carbonyl (C=O) groups is 1. The summed E-state index contributed by atoms with van der Waals surface area (Å²) in [5, 5.41) is 6.62. The minimum absolute atomic E-state index is 0.0663. The quantitative estimate of drug-likeness (QED) is 0.868. The predicted octanol–water partition coefficient (Wildman–Crippen LogP) is 1.82. The SMILES string of the molecule is NS(=O)(=O)c1sccc1C(=O)Cc1ccccc1. The van der Waals surface area contributed by atoms with Gasteiger partial charge in [0.25, 0.3) is 0 Å². The summed E-state index contributed by atoms with van der Waals surface area (Å²) in [5.74, 6) is -0.244. The number of rotatable bonds is 4. The van der Waals surface area contributed by atoms with Crippen LogP contribution in [0.2, 0.25) is 0 Å². The first-order chi connectivity index (χ1) is 8.48. The van der Waals surface area contributed by atoms with Gasteiger partial charge in [0.15, 0.2) is 5.78 Å². The van der Waals surface area contributed by atoms with Crippen LogP contribution in [0.1, 0.15) is 15.9 Å².